The Morgan fingerprint density at radius 3 is 2.10 bits per heavy atom. The second-order valence-corrected chi connectivity index (χ2v) is 12.1. The summed E-state index contributed by atoms with van der Waals surface area (Å²) in [6, 6.07) is 23.0. The quantitative estimate of drug-likeness (QED) is 0.176. The van der Waals surface area contributed by atoms with E-state index in [0.717, 1.165) is 16.8 Å². The summed E-state index contributed by atoms with van der Waals surface area (Å²) < 4.78 is 0. The molecule has 0 radical (unpaired) electrons. The summed E-state index contributed by atoms with van der Waals surface area (Å²) in [5, 5.41) is 1.25. The lowest BCUT2D eigenvalue weighted by atomic mass is 9.64. The number of carbonyl (C=O) groups is 3. The van der Waals surface area contributed by atoms with Gasteiger partial charge in [0.15, 0.2) is 17.3 Å². The highest BCUT2D eigenvalue weighted by Gasteiger charge is 2.71. The van der Waals surface area contributed by atoms with Gasteiger partial charge >= 0.3 is 0 Å². The minimum Gasteiger partial charge on any atom is -0.352 e. The smallest absolute Gasteiger partial charge is 0.185 e. The maximum absolute atomic E-state index is 14.7. The Balaban J connectivity index is 1.56. The molecular formula is C34H22Cl3NO3. The molecule has 41 heavy (non-hydrogen) atoms. The van der Waals surface area contributed by atoms with Crippen LogP contribution in [-0.2, 0) is 0 Å². The van der Waals surface area contributed by atoms with Crippen LogP contribution in [0, 0.1) is 12.3 Å². The van der Waals surface area contributed by atoms with E-state index < -0.39 is 23.4 Å². The number of nitrogens with zero attached hydrogens (tertiary/aromatic N) is 1. The van der Waals surface area contributed by atoms with Crippen LogP contribution in [0.2, 0.25) is 15.1 Å². The number of hydrogen-bond acceptors (Lipinski definition) is 4. The molecular weight excluding hydrogens is 577 g/mol. The summed E-state index contributed by atoms with van der Waals surface area (Å²) in [6.45, 7) is 1.95. The van der Waals surface area contributed by atoms with E-state index >= 15 is 0 Å². The van der Waals surface area contributed by atoms with Gasteiger partial charge in [-0.15, -0.1) is 0 Å². The van der Waals surface area contributed by atoms with Gasteiger partial charge in [0, 0.05) is 43.4 Å². The normalized spacial score (nSPS) is 21.7. The number of benzene rings is 4. The van der Waals surface area contributed by atoms with Crippen molar-refractivity contribution in [2.24, 2.45) is 5.41 Å². The van der Waals surface area contributed by atoms with Gasteiger partial charge in [0.25, 0.3) is 0 Å². The Bertz CT molecular complexity index is 1790. The molecule has 1 saturated heterocycles. The summed E-state index contributed by atoms with van der Waals surface area (Å²) in [4.78, 5) is 46.0. The lowest BCUT2D eigenvalue weighted by Gasteiger charge is -2.37. The van der Waals surface area contributed by atoms with Gasteiger partial charge in [-0.05, 0) is 48.4 Å². The fraction of sp³-hybridized carbons (Fsp3) is 0.147. The summed E-state index contributed by atoms with van der Waals surface area (Å²) >= 11 is 19.5. The van der Waals surface area contributed by atoms with Gasteiger partial charge in [0.05, 0.1) is 6.04 Å². The number of aryl methyl sites for hydroxylation is 1. The summed E-state index contributed by atoms with van der Waals surface area (Å²) in [5.41, 5.74) is 2.59. The molecule has 0 N–H and O–H groups in total. The molecule has 0 saturated carbocycles. The van der Waals surface area contributed by atoms with E-state index in [4.69, 9.17) is 34.8 Å². The Labute approximate surface area is 252 Å². The number of carbonyl (C=O) groups excluding carboxylic acids is 3. The third-order valence-corrected chi connectivity index (χ3v) is 9.47. The molecule has 1 fully saturated rings. The minimum absolute atomic E-state index is 0.212. The number of Topliss-reactive ketones (excluding diaryl/α,β-unsaturated/α-hetero) is 3. The van der Waals surface area contributed by atoms with Crippen LogP contribution >= 0.6 is 34.8 Å². The van der Waals surface area contributed by atoms with Crippen LogP contribution in [0.1, 0.15) is 53.7 Å². The van der Waals surface area contributed by atoms with E-state index in [1.165, 1.54) is 0 Å². The van der Waals surface area contributed by atoms with Crippen LogP contribution in [-0.4, -0.2) is 29.4 Å². The molecule has 0 amide bonds. The number of hydrogen-bond donors (Lipinski definition) is 0. The first-order valence-electron chi connectivity index (χ1n) is 13.2. The molecule has 2 heterocycles. The number of rotatable bonds is 3. The van der Waals surface area contributed by atoms with Crippen molar-refractivity contribution in [3.05, 3.63) is 139 Å². The molecule has 0 aromatic heterocycles. The number of anilines is 1. The van der Waals surface area contributed by atoms with Gasteiger partial charge in [0.2, 0.25) is 0 Å². The van der Waals surface area contributed by atoms with Crippen molar-refractivity contribution < 1.29 is 14.4 Å². The van der Waals surface area contributed by atoms with E-state index in [-0.39, 0.29) is 17.3 Å². The molecule has 1 unspecified atom stereocenters. The SMILES string of the molecule is Cc1ccc(C(=O)[C@H]2[C@H](c3ccc(Cl)cc3Cl)C3(C(=O)c4ccccc4C3=O)C3C=Cc4cc(Cl)ccc4N32)cc1. The predicted octanol–water partition coefficient (Wildman–Crippen LogP) is 8.27. The van der Waals surface area contributed by atoms with Gasteiger partial charge in [-0.3, -0.25) is 14.4 Å². The van der Waals surface area contributed by atoms with Crippen molar-refractivity contribution in [1.29, 1.82) is 0 Å². The van der Waals surface area contributed by atoms with Crippen LogP contribution in [0.4, 0.5) is 5.69 Å². The maximum atomic E-state index is 14.7. The van der Waals surface area contributed by atoms with E-state index in [1.807, 2.05) is 48.2 Å². The molecule has 7 heteroatoms. The Hall–Kier alpha value is -3.70. The predicted molar refractivity (Wildman–Crippen MR) is 163 cm³/mol. The number of fused-ring (bicyclic) bond motifs is 5. The fourth-order valence-electron chi connectivity index (χ4n) is 6.93. The van der Waals surface area contributed by atoms with Crippen LogP contribution in [0.15, 0.2) is 91.0 Å². The van der Waals surface area contributed by atoms with E-state index in [2.05, 4.69) is 0 Å². The highest BCUT2D eigenvalue weighted by molar-refractivity contribution is 6.36. The second-order valence-electron chi connectivity index (χ2n) is 10.8. The van der Waals surface area contributed by atoms with Crippen LogP contribution in [0.3, 0.4) is 0 Å². The zero-order valence-corrected chi connectivity index (χ0v) is 24.0. The highest BCUT2D eigenvalue weighted by Crippen LogP contribution is 2.61. The first-order chi connectivity index (χ1) is 19.7. The maximum Gasteiger partial charge on any atom is 0.185 e. The van der Waals surface area contributed by atoms with E-state index in [9.17, 15) is 14.4 Å². The lowest BCUT2D eigenvalue weighted by molar-refractivity contribution is 0.0666. The standard InChI is InChI=1S/C34H22Cl3NO3/c1-18-6-8-19(9-7-18)31(39)30-29(25-13-11-22(36)17-26(25)37)34(32(40)23-4-2-3-5-24(23)33(34)41)28-15-10-20-16-21(35)12-14-27(20)38(28)30/h2-17,28-30H,1H3/t28?,29-,30+/m0/s1. The van der Waals surface area contributed by atoms with Crippen molar-refractivity contribution in [1.82, 2.24) is 0 Å². The molecule has 2 aliphatic heterocycles. The third kappa shape index (κ3) is 3.64. The van der Waals surface area contributed by atoms with Crippen molar-refractivity contribution >= 4 is 63.9 Å². The highest BCUT2D eigenvalue weighted by atomic mass is 35.5. The van der Waals surface area contributed by atoms with Crippen molar-refractivity contribution in [2.45, 2.75) is 24.9 Å². The first-order valence-corrected chi connectivity index (χ1v) is 14.4. The van der Waals surface area contributed by atoms with Crippen molar-refractivity contribution in [3.8, 4) is 0 Å². The van der Waals surface area contributed by atoms with E-state index in [1.54, 1.807) is 60.7 Å². The molecule has 202 valence electrons. The topological polar surface area (TPSA) is 54.5 Å². The zero-order valence-electron chi connectivity index (χ0n) is 21.8. The molecule has 0 bridgehead atoms. The van der Waals surface area contributed by atoms with Crippen LogP contribution in [0.25, 0.3) is 6.08 Å². The zero-order chi connectivity index (χ0) is 28.6. The number of ketones is 3. The van der Waals surface area contributed by atoms with Gasteiger partial charge in [-0.1, -0.05) is 107 Å². The first kappa shape index (κ1) is 26.2. The Morgan fingerprint density at radius 1 is 0.805 bits per heavy atom. The van der Waals surface area contributed by atoms with Gasteiger partial charge in [0.1, 0.15) is 11.5 Å². The second kappa shape index (κ2) is 9.42. The molecule has 7 rings (SSSR count). The molecule has 4 nitrogen and oxygen atoms in total. The summed E-state index contributed by atoms with van der Waals surface area (Å²) in [5.74, 6) is -1.75. The minimum atomic E-state index is -1.64. The molecule has 3 atom stereocenters. The van der Waals surface area contributed by atoms with Crippen LogP contribution < -0.4 is 4.90 Å². The lowest BCUT2D eigenvalue weighted by Crippen LogP contribution is -2.48. The molecule has 3 aliphatic rings. The fourth-order valence-corrected chi connectivity index (χ4v) is 7.64. The van der Waals surface area contributed by atoms with Gasteiger partial charge < -0.3 is 4.90 Å². The average Bonchev–Trinajstić information content (AvgIpc) is 3.39. The summed E-state index contributed by atoms with van der Waals surface area (Å²) in [6.07, 6.45) is 3.74. The van der Waals surface area contributed by atoms with Crippen molar-refractivity contribution in [2.75, 3.05) is 4.90 Å². The Morgan fingerprint density at radius 2 is 1.44 bits per heavy atom. The molecule has 1 spiro atoms. The average molecular weight is 599 g/mol. The van der Waals surface area contributed by atoms with E-state index in [0.29, 0.717) is 37.3 Å². The molecule has 4 aromatic carbocycles. The molecule has 1 aliphatic carbocycles. The third-order valence-electron chi connectivity index (χ3n) is 8.67. The largest absolute Gasteiger partial charge is 0.352 e. The van der Waals surface area contributed by atoms with Crippen LogP contribution in [0.5, 0.6) is 0 Å². The number of halogens is 3. The molecule has 4 aromatic rings. The summed E-state index contributed by atoms with van der Waals surface area (Å²) in [7, 11) is 0. The van der Waals surface area contributed by atoms with Crippen molar-refractivity contribution in [3.63, 3.8) is 0 Å². The Kier molecular flexibility index (Phi) is 6.02. The van der Waals surface area contributed by atoms with Gasteiger partial charge in [-0.25, -0.2) is 0 Å². The van der Waals surface area contributed by atoms with Gasteiger partial charge in [-0.2, -0.15) is 0 Å². The monoisotopic (exact) mass is 597 g/mol.